The molecule has 66 heavy (non-hydrogen) atoms. The van der Waals surface area contributed by atoms with Gasteiger partial charge in [0.25, 0.3) is 0 Å². The molecule has 4 nitrogen and oxygen atoms in total. The second-order valence-electron chi connectivity index (χ2n) is 16.6. The lowest BCUT2D eigenvalue weighted by Crippen LogP contribution is -2.06. The number of halogens is 6. The Bertz CT molecular complexity index is 3640. The number of para-hydroxylation sites is 1. The lowest BCUT2D eigenvalue weighted by molar-refractivity contribution is -0.138. The molecule has 10 heteroatoms. The third kappa shape index (κ3) is 6.88. The molecule has 0 unspecified atom stereocenters. The van der Waals surface area contributed by atoms with Crippen LogP contribution >= 0.6 is 0 Å². The van der Waals surface area contributed by atoms with Crippen LogP contribution in [-0.2, 0) is 12.4 Å². The number of rotatable bonds is 6. The largest absolute Gasteiger partial charge is 0.416 e. The highest BCUT2D eigenvalue weighted by Crippen LogP contribution is 2.46. The molecule has 0 aliphatic heterocycles. The van der Waals surface area contributed by atoms with Crippen molar-refractivity contribution in [2.75, 3.05) is 0 Å². The predicted octanol–water partition coefficient (Wildman–Crippen LogP) is 16.0. The molecule has 11 rings (SSSR count). The van der Waals surface area contributed by atoms with Crippen LogP contribution in [0.5, 0.6) is 0 Å². The molecule has 3 aromatic heterocycles. The van der Waals surface area contributed by atoms with E-state index in [1.165, 1.54) is 24.3 Å². The van der Waals surface area contributed by atoms with Crippen molar-refractivity contribution < 1.29 is 26.3 Å². The first-order valence-corrected chi connectivity index (χ1v) is 21.3. The van der Waals surface area contributed by atoms with Crippen LogP contribution in [0.25, 0.3) is 100 Å². The highest BCUT2D eigenvalue weighted by molar-refractivity contribution is 6.12. The van der Waals surface area contributed by atoms with Crippen molar-refractivity contribution in [2.24, 2.45) is 0 Å². The second kappa shape index (κ2) is 15.3. The third-order valence-corrected chi connectivity index (χ3v) is 12.3. The van der Waals surface area contributed by atoms with Gasteiger partial charge in [0.2, 0.25) is 0 Å². The summed E-state index contributed by atoms with van der Waals surface area (Å²) in [6.45, 7) is 3.82. The molecule has 3 heterocycles. The summed E-state index contributed by atoms with van der Waals surface area (Å²) < 4.78 is 90.1. The summed E-state index contributed by atoms with van der Waals surface area (Å²) in [6, 6.07) is 54.2. The van der Waals surface area contributed by atoms with Gasteiger partial charge >= 0.3 is 12.4 Å². The molecular weight excluding hydrogens is 843 g/mol. The van der Waals surface area contributed by atoms with Gasteiger partial charge in [0.1, 0.15) is 0 Å². The number of aromatic nitrogens is 4. The Kier molecular flexibility index (Phi) is 9.47. The zero-order chi connectivity index (χ0) is 45.5. The number of hydrogen-bond acceptors (Lipinski definition) is 2. The van der Waals surface area contributed by atoms with Crippen molar-refractivity contribution in [3.05, 3.63) is 204 Å². The van der Waals surface area contributed by atoms with Crippen LogP contribution in [0.4, 0.5) is 26.3 Å². The molecule has 0 spiro atoms. The molecule has 0 bridgehead atoms. The average molecular weight is 879 g/mol. The van der Waals surface area contributed by atoms with E-state index in [2.05, 4.69) is 0 Å². The number of aryl methyl sites for hydroxylation is 2. The minimum Gasteiger partial charge on any atom is -0.309 e. The maximum absolute atomic E-state index is 14.4. The number of fused-ring (bicyclic) bond motifs is 6. The first-order valence-electron chi connectivity index (χ1n) is 21.3. The Morgan fingerprint density at radius 3 is 1.38 bits per heavy atom. The molecule has 0 radical (unpaired) electrons. The highest BCUT2D eigenvalue weighted by atomic mass is 19.4. The van der Waals surface area contributed by atoms with E-state index in [1.54, 1.807) is 0 Å². The summed E-state index contributed by atoms with van der Waals surface area (Å²) in [5, 5.41) is 2.19. The zero-order valence-electron chi connectivity index (χ0n) is 35.4. The summed E-state index contributed by atoms with van der Waals surface area (Å²) in [7, 11) is 0. The minimum absolute atomic E-state index is 0.436. The van der Waals surface area contributed by atoms with Crippen molar-refractivity contribution in [3.63, 3.8) is 0 Å². The van der Waals surface area contributed by atoms with Crippen molar-refractivity contribution in [2.45, 2.75) is 26.2 Å². The van der Waals surface area contributed by atoms with E-state index in [9.17, 15) is 26.3 Å². The number of nitrogens with zero attached hydrogens (tertiary/aromatic N) is 4. The van der Waals surface area contributed by atoms with Crippen LogP contribution in [0.3, 0.4) is 0 Å². The zero-order valence-corrected chi connectivity index (χ0v) is 35.4. The summed E-state index contributed by atoms with van der Waals surface area (Å²) >= 11 is 0. The summed E-state index contributed by atoms with van der Waals surface area (Å²) in [4.78, 5) is 10.3. The average Bonchev–Trinajstić information content (AvgIpc) is 3.82. The summed E-state index contributed by atoms with van der Waals surface area (Å²) in [6.07, 6.45) is -9.13. The normalized spacial score (nSPS) is 12.2. The Morgan fingerprint density at radius 1 is 0.379 bits per heavy atom. The fraction of sp³-hybridized carbons (Fsp3) is 0.0714. The van der Waals surface area contributed by atoms with Crippen LogP contribution in [0.15, 0.2) is 182 Å². The molecule has 0 atom stereocenters. The van der Waals surface area contributed by atoms with Gasteiger partial charge in [0.05, 0.1) is 56.0 Å². The Labute approximate surface area is 374 Å². The lowest BCUT2D eigenvalue weighted by atomic mass is 9.93. The summed E-state index contributed by atoms with van der Waals surface area (Å²) in [5.74, 6) is 0.488. The van der Waals surface area contributed by atoms with Gasteiger partial charge in [-0.05, 0) is 92.7 Å². The van der Waals surface area contributed by atoms with E-state index in [0.29, 0.717) is 88.9 Å². The third-order valence-electron chi connectivity index (χ3n) is 12.3. The van der Waals surface area contributed by atoms with Crippen LogP contribution < -0.4 is 0 Å². The van der Waals surface area contributed by atoms with Crippen LogP contribution in [0.1, 0.15) is 22.3 Å². The molecule has 0 N–H and O–H groups in total. The Balaban J connectivity index is 1.28. The summed E-state index contributed by atoms with van der Waals surface area (Å²) in [5.41, 5.74) is 9.14. The molecule has 0 fully saturated rings. The SMILES string of the molecule is Cc1ccc2c(c1)c1cc(C(F)(F)F)ccc1n2-c1ccccc1-c1c(-c2cc(-c3ccccc3)nc(-c3ccccc3)n2)cccc1-n1c2ccc(C)cc2c2cc(C(F)(F)F)ccc21. The molecule has 8 aromatic carbocycles. The first kappa shape index (κ1) is 40.8. The standard InChI is InChI=1S/C56H36F6N4/c1-33-20-24-48-41(28-33)43-30-37(55(57,58)59)22-26-50(43)65(48)47-18-10-9-16-40(47)53-39(46-32-45(35-12-5-3-6-13-35)63-54(64-46)36-14-7-4-8-15-36)17-11-19-52(53)66-49-25-21-34(2)29-42(49)44-31-38(56(60,61)62)23-27-51(44)66/h3-32H,1-2H3. The van der Waals surface area contributed by atoms with Gasteiger partial charge in [-0.2, -0.15) is 26.3 Å². The first-order chi connectivity index (χ1) is 31.8. The molecule has 0 aliphatic carbocycles. The molecule has 322 valence electrons. The van der Waals surface area contributed by atoms with E-state index in [4.69, 9.17) is 9.97 Å². The highest BCUT2D eigenvalue weighted by Gasteiger charge is 2.33. The predicted molar refractivity (Wildman–Crippen MR) is 252 cm³/mol. The minimum atomic E-state index is -4.57. The van der Waals surface area contributed by atoms with Crippen molar-refractivity contribution in [3.8, 4) is 56.4 Å². The number of alkyl halides is 6. The van der Waals surface area contributed by atoms with E-state index < -0.39 is 23.5 Å². The molecule has 0 saturated carbocycles. The van der Waals surface area contributed by atoms with Crippen molar-refractivity contribution >= 4 is 43.6 Å². The van der Waals surface area contributed by atoms with Crippen LogP contribution in [0, 0.1) is 13.8 Å². The van der Waals surface area contributed by atoms with Gasteiger partial charge in [-0.1, -0.05) is 114 Å². The van der Waals surface area contributed by atoms with E-state index in [0.717, 1.165) is 34.4 Å². The monoisotopic (exact) mass is 878 g/mol. The fourth-order valence-corrected chi connectivity index (χ4v) is 9.31. The number of benzene rings is 8. The topological polar surface area (TPSA) is 35.6 Å². The maximum Gasteiger partial charge on any atom is 0.416 e. The number of hydrogen-bond donors (Lipinski definition) is 0. The van der Waals surface area contributed by atoms with Gasteiger partial charge in [0.15, 0.2) is 5.82 Å². The smallest absolute Gasteiger partial charge is 0.309 e. The Morgan fingerprint density at radius 2 is 0.818 bits per heavy atom. The Hall–Kier alpha value is -7.98. The fourth-order valence-electron chi connectivity index (χ4n) is 9.31. The van der Waals surface area contributed by atoms with Gasteiger partial charge in [-0.25, -0.2) is 9.97 Å². The van der Waals surface area contributed by atoms with Gasteiger partial charge in [0, 0.05) is 49.4 Å². The quantitative estimate of drug-likeness (QED) is 0.156. The van der Waals surface area contributed by atoms with Crippen LogP contribution in [-0.4, -0.2) is 19.1 Å². The molecule has 11 aromatic rings. The van der Waals surface area contributed by atoms with Gasteiger partial charge in [-0.15, -0.1) is 0 Å². The second-order valence-corrected chi connectivity index (χ2v) is 16.6. The molecular formula is C56H36F6N4. The lowest BCUT2D eigenvalue weighted by Gasteiger charge is -2.22. The van der Waals surface area contributed by atoms with Crippen molar-refractivity contribution in [1.29, 1.82) is 0 Å². The van der Waals surface area contributed by atoms with Crippen LogP contribution in [0.2, 0.25) is 0 Å². The van der Waals surface area contributed by atoms with E-state index in [1.807, 2.05) is 169 Å². The molecule has 0 saturated heterocycles. The van der Waals surface area contributed by atoms with Gasteiger partial charge in [-0.3, -0.25) is 0 Å². The molecule has 0 amide bonds. The molecule has 0 aliphatic rings. The van der Waals surface area contributed by atoms with E-state index >= 15 is 0 Å². The van der Waals surface area contributed by atoms with E-state index in [-0.39, 0.29) is 0 Å². The maximum atomic E-state index is 14.4. The van der Waals surface area contributed by atoms with Gasteiger partial charge < -0.3 is 9.13 Å². The van der Waals surface area contributed by atoms with Crippen molar-refractivity contribution in [1.82, 2.24) is 19.1 Å².